The van der Waals surface area contributed by atoms with Crippen molar-refractivity contribution < 1.29 is 33.4 Å². The summed E-state index contributed by atoms with van der Waals surface area (Å²) in [5.74, 6) is 0.626. The Morgan fingerprint density at radius 3 is 2.58 bits per heavy atom. The number of nitrogens with zero attached hydrogens (tertiary/aromatic N) is 5. The molecular weight excluding hydrogens is 550 g/mol. The molecule has 0 spiro atoms. The number of hydrogen-bond acceptors (Lipinski definition) is 7. The van der Waals surface area contributed by atoms with Gasteiger partial charge in [0.1, 0.15) is 5.82 Å². The number of aliphatic carboxylic acids is 1. The van der Waals surface area contributed by atoms with Crippen LogP contribution >= 0.6 is 0 Å². The van der Waals surface area contributed by atoms with Crippen LogP contribution in [0.3, 0.4) is 0 Å². The molecule has 0 aliphatic carbocycles. The van der Waals surface area contributed by atoms with Crippen LogP contribution in [0.2, 0.25) is 0 Å². The second-order valence-corrected chi connectivity index (χ2v) is 12.9. The Hall–Kier alpha value is -3.31. The third-order valence-corrected chi connectivity index (χ3v) is 8.71. The van der Waals surface area contributed by atoms with Crippen molar-refractivity contribution in [2.24, 2.45) is 13.0 Å². The van der Waals surface area contributed by atoms with Gasteiger partial charge in [-0.2, -0.15) is 0 Å². The van der Waals surface area contributed by atoms with Crippen molar-refractivity contribution in [2.45, 2.75) is 57.4 Å². The number of amides is 1. The molecule has 1 amide bonds. The maximum Gasteiger partial charge on any atom is 0.308 e. The van der Waals surface area contributed by atoms with Crippen molar-refractivity contribution in [3.05, 3.63) is 35.9 Å². The largest absolute Gasteiger partial charge is 0.493 e. The summed E-state index contributed by atoms with van der Waals surface area (Å²) < 4.78 is 19.7. The number of rotatable bonds is 16. The third-order valence-electron chi connectivity index (χ3n) is 8.71. The van der Waals surface area contributed by atoms with Crippen molar-refractivity contribution in [3.63, 3.8) is 0 Å². The first kappa shape index (κ1) is 32.6. The number of carbonyl (C=O) groups is 2. The number of imidazole rings is 1. The number of aryl methyl sites for hydroxylation is 2. The molecule has 2 aromatic rings. The summed E-state index contributed by atoms with van der Waals surface area (Å²) in [6.07, 6.45) is 8.79. The number of unbranched alkanes of at least 4 members (excludes halogenated alkanes) is 2. The lowest BCUT2D eigenvalue weighted by Gasteiger charge is -2.30. The van der Waals surface area contributed by atoms with Gasteiger partial charge in [0, 0.05) is 57.5 Å². The van der Waals surface area contributed by atoms with Gasteiger partial charge in [-0.15, -0.1) is 0 Å². The van der Waals surface area contributed by atoms with Crippen LogP contribution in [0.25, 0.3) is 0 Å². The van der Waals surface area contributed by atoms with Crippen LogP contribution in [0.15, 0.2) is 24.5 Å². The molecule has 11 heteroatoms. The molecule has 1 aromatic carbocycles. The van der Waals surface area contributed by atoms with Crippen molar-refractivity contribution in [2.75, 3.05) is 67.8 Å². The fourth-order valence-corrected chi connectivity index (χ4v) is 6.34. The number of hydrogen-bond donors (Lipinski definition) is 1. The molecule has 1 aromatic heterocycles. The topological polar surface area (TPSA) is 106 Å². The Kier molecular flexibility index (Phi) is 10.9. The van der Waals surface area contributed by atoms with E-state index >= 15 is 0 Å². The van der Waals surface area contributed by atoms with Crippen LogP contribution in [0, 0.1) is 5.92 Å². The molecule has 1 fully saturated rings. The number of fused-ring (bicyclic) bond motifs is 1. The number of carbonyl (C=O) groups excluding carboxylic acids is 1. The lowest BCUT2D eigenvalue weighted by atomic mass is 9.83. The Balaban J connectivity index is 1.59. The van der Waals surface area contributed by atoms with E-state index in [1.54, 1.807) is 13.3 Å². The Labute approximate surface area is 255 Å². The molecule has 0 radical (unpaired) electrons. The van der Waals surface area contributed by atoms with Crippen LogP contribution in [-0.2, 0) is 23.1 Å². The number of aromatic nitrogens is 2. The number of ether oxygens (including phenoxy) is 3. The first-order valence-electron chi connectivity index (χ1n) is 15.5. The van der Waals surface area contributed by atoms with E-state index in [0.29, 0.717) is 36.6 Å². The van der Waals surface area contributed by atoms with Crippen LogP contribution in [0.1, 0.15) is 56.3 Å². The highest BCUT2D eigenvalue weighted by molar-refractivity contribution is 5.79. The number of benzene rings is 1. The Morgan fingerprint density at radius 2 is 1.93 bits per heavy atom. The number of carboxylic acids is 1. The van der Waals surface area contributed by atoms with E-state index in [4.69, 9.17) is 14.2 Å². The first-order chi connectivity index (χ1) is 20.5. The van der Waals surface area contributed by atoms with Crippen LogP contribution in [0.4, 0.5) is 0 Å². The predicted octanol–water partition coefficient (Wildman–Crippen LogP) is 3.37. The molecule has 1 saturated heterocycles. The monoisotopic (exact) mass is 600 g/mol. The second-order valence-electron chi connectivity index (χ2n) is 12.9. The van der Waals surface area contributed by atoms with Crippen molar-refractivity contribution in [3.8, 4) is 17.2 Å². The van der Waals surface area contributed by atoms with Crippen LogP contribution in [0.5, 0.6) is 17.2 Å². The maximum absolute atomic E-state index is 13.9. The molecule has 1 N–H and O–H groups in total. The summed E-state index contributed by atoms with van der Waals surface area (Å²) in [7, 11) is 10.1. The molecule has 238 valence electrons. The summed E-state index contributed by atoms with van der Waals surface area (Å²) in [5.41, 5.74) is 0.814. The molecule has 43 heavy (non-hydrogen) atoms. The lowest BCUT2D eigenvalue weighted by molar-refractivity contribution is -0.870. The van der Waals surface area contributed by atoms with E-state index in [2.05, 4.69) is 38.0 Å². The van der Waals surface area contributed by atoms with Crippen molar-refractivity contribution >= 4 is 11.9 Å². The van der Waals surface area contributed by atoms with Gasteiger partial charge in [-0.05, 0) is 43.4 Å². The van der Waals surface area contributed by atoms with Gasteiger partial charge in [0.05, 0.1) is 47.3 Å². The zero-order valence-electron chi connectivity index (χ0n) is 26.8. The normalized spacial score (nSPS) is 20.0. The molecule has 2 aliphatic heterocycles. The highest BCUT2D eigenvalue weighted by Crippen LogP contribution is 2.47. The standard InChI is InChI=1S/C32H49N5O6/c1-7-8-14-35(15-9-10-17-37(3,4)5)29(38)21-36-20-24(23-18-26(41-6)31-27(19-23)42-22-43-31)30(32(39)40)25(36)11-12-28-33-13-16-34(28)2/h13,16,18-19,24-25,30H,7-12,14-15,17,20-22H2,1-6H3/p+1/t24-,25+,30-/m1/s1. The van der Waals surface area contributed by atoms with E-state index in [-0.39, 0.29) is 31.2 Å². The van der Waals surface area contributed by atoms with Gasteiger partial charge in [0.2, 0.25) is 18.4 Å². The highest BCUT2D eigenvalue weighted by atomic mass is 16.7. The molecule has 0 saturated carbocycles. The zero-order valence-corrected chi connectivity index (χ0v) is 26.8. The summed E-state index contributed by atoms with van der Waals surface area (Å²) in [5, 5.41) is 10.6. The molecular formula is C32H50N5O6+. The minimum Gasteiger partial charge on any atom is -0.493 e. The van der Waals surface area contributed by atoms with Crippen molar-refractivity contribution in [1.82, 2.24) is 19.4 Å². The first-order valence-corrected chi connectivity index (χ1v) is 15.5. The molecule has 4 rings (SSSR count). The van der Waals surface area contributed by atoms with Gasteiger partial charge < -0.3 is 33.3 Å². The summed E-state index contributed by atoms with van der Waals surface area (Å²) in [4.78, 5) is 35.4. The second kappa shape index (κ2) is 14.4. The molecule has 2 aliphatic rings. The molecule has 0 bridgehead atoms. The molecule has 0 unspecified atom stereocenters. The fourth-order valence-electron chi connectivity index (χ4n) is 6.34. The average molecular weight is 601 g/mol. The van der Waals surface area contributed by atoms with Crippen LogP contribution < -0.4 is 14.2 Å². The van der Waals surface area contributed by atoms with Gasteiger partial charge >= 0.3 is 5.97 Å². The van der Waals surface area contributed by atoms with Gasteiger partial charge in [0.15, 0.2) is 11.5 Å². The molecule has 3 heterocycles. The summed E-state index contributed by atoms with van der Waals surface area (Å²) in [6, 6.07) is 3.38. The van der Waals surface area contributed by atoms with E-state index in [9.17, 15) is 14.7 Å². The number of carboxylic acid groups (broad SMARTS) is 1. The Bertz CT molecular complexity index is 1240. The van der Waals surface area contributed by atoms with Gasteiger partial charge in [0.25, 0.3) is 0 Å². The zero-order chi connectivity index (χ0) is 31.1. The molecule has 11 nitrogen and oxygen atoms in total. The quantitative estimate of drug-likeness (QED) is 0.231. The van der Waals surface area contributed by atoms with Gasteiger partial charge in [-0.25, -0.2) is 4.98 Å². The van der Waals surface area contributed by atoms with E-state index in [1.165, 1.54) is 0 Å². The average Bonchev–Trinajstić information content (AvgIpc) is 3.68. The number of likely N-dealkylation sites (tertiary alicyclic amines) is 1. The maximum atomic E-state index is 13.9. The lowest BCUT2D eigenvalue weighted by Crippen LogP contribution is -2.45. The SMILES string of the molecule is CCCCN(CCCC[N+](C)(C)C)C(=O)CN1C[C@H](c2cc(OC)c3c(c2)OCO3)[C@@H](C(=O)O)[C@@H]1CCc1nccn1C. The van der Waals surface area contributed by atoms with Crippen LogP contribution in [-0.4, -0.2) is 115 Å². The molecule has 3 atom stereocenters. The number of methoxy groups -OCH3 is 1. The van der Waals surface area contributed by atoms with Gasteiger partial charge in [-0.3, -0.25) is 14.5 Å². The third kappa shape index (κ3) is 8.20. The van der Waals surface area contributed by atoms with Crippen molar-refractivity contribution in [1.29, 1.82) is 0 Å². The summed E-state index contributed by atoms with van der Waals surface area (Å²) >= 11 is 0. The van der Waals surface area contributed by atoms with Gasteiger partial charge in [-0.1, -0.05) is 13.3 Å². The fraction of sp³-hybridized carbons (Fsp3) is 0.656. The van der Waals surface area contributed by atoms with E-state index in [0.717, 1.165) is 61.2 Å². The van der Waals surface area contributed by atoms with E-state index in [1.807, 2.05) is 34.8 Å². The highest BCUT2D eigenvalue weighted by Gasteiger charge is 2.47. The number of quaternary nitrogens is 1. The van der Waals surface area contributed by atoms with E-state index < -0.39 is 11.9 Å². The smallest absolute Gasteiger partial charge is 0.308 e. The predicted molar refractivity (Wildman–Crippen MR) is 163 cm³/mol. The minimum atomic E-state index is -0.871. The Morgan fingerprint density at radius 1 is 1.16 bits per heavy atom. The minimum absolute atomic E-state index is 0.0637. The summed E-state index contributed by atoms with van der Waals surface area (Å²) in [6.45, 7) is 5.35.